The Morgan fingerprint density at radius 3 is 2.33 bits per heavy atom. The van der Waals surface area contributed by atoms with E-state index >= 15 is 0 Å². The molecule has 1 rings (SSSR count). The van der Waals surface area contributed by atoms with Gasteiger partial charge in [-0.15, -0.1) is 0 Å². The van der Waals surface area contributed by atoms with Crippen molar-refractivity contribution in [2.24, 2.45) is 5.73 Å². The van der Waals surface area contributed by atoms with E-state index < -0.39 is 0 Å². The van der Waals surface area contributed by atoms with Crippen molar-refractivity contribution in [3.63, 3.8) is 0 Å². The molecule has 0 saturated carbocycles. The number of carbonyl (C=O) groups excluding carboxylic acids is 1. The van der Waals surface area contributed by atoms with Crippen LogP contribution >= 0.6 is 0 Å². The standard InChI is InChI=1S/C15H23NO2/c1-5-18-15(17)9-14(16)8-13-6-10(2)12(4)11(3)7-13/h6-7,14H,5,8-9,16H2,1-4H3. The van der Waals surface area contributed by atoms with Crippen LogP contribution in [0.15, 0.2) is 12.1 Å². The predicted octanol–water partition coefficient (Wildman–Crippen LogP) is 2.43. The molecule has 1 aromatic carbocycles. The van der Waals surface area contributed by atoms with Crippen molar-refractivity contribution in [1.82, 2.24) is 0 Å². The molecule has 0 aliphatic rings. The molecule has 0 aliphatic carbocycles. The van der Waals surface area contributed by atoms with E-state index in [1.165, 1.54) is 22.3 Å². The van der Waals surface area contributed by atoms with Gasteiger partial charge in [-0.05, 0) is 56.4 Å². The number of carbonyl (C=O) groups is 1. The van der Waals surface area contributed by atoms with Crippen molar-refractivity contribution in [3.05, 3.63) is 34.4 Å². The number of hydrogen-bond donors (Lipinski definition) is 1. The van der Waals surface area contributed by atoms with E-state index in [0.717, 1.165) is 0 Å². The summed E-state index contributed by atoms with van der Waals surface area (Å²) >= 11 is 0. The lowest BCUT2D eigenvalue weighted by molar-refractivity contribution is -0.143. The average molecular weight is 249 g/mol. The lowest BCUT2D eigenvalue weighted by Crippen LogP contribution is -2.27. The molecule has 0 fully saturated rings. The van der Waals surface area contributed by atoms with Gasteiger partial charge in [0.25, 0.3) is 0 Å². The van der Waals surface area contributed by atoms with Crippen molar-refractivity contribution in [2.75, 3.05) is 6.61 Å². The van der Waals surface area contributed by atoms with Gasteiger partial charge in [0.15, 0.2) is 0 Å². The zero-order valence-corrected chi connectivity index (χ0v) is 11.7. The van der Waals surface area contributed by atoms with Crippen LogP contribution in [0.1, 0.15) is 35.6 Å². The Morgan fingerprint density at radius 2 is 1.83 bits per heavy atom. The molecular formula is C15H23NO2. The minimum atomic E-state index is -0.217. The number of benzene rings is 1. The molecular weight excluding hydrogens is 226 g/mol. The fourth-order valence-corrected chi connectivity index (χ4v) is 2.05. The quantitative estimate of drug-likeness (QED) is 0.815. The molecule has 1 atom stereocenters. The van der Waals surface area contributed by atoms with Crippen LogP contribution in [0.3, 0.4) is 0 Å². The van der Waals surface area contributed by atoms with Crippen LogP contribution in [0.2, 0.25) is 0 Å². The second-order valence-electron chi connectivity index (χ2n) is 4.83. The average Bonchev–Trinajstić information content (AvgIpc) is 2.25. The molecule has 0 bridgehead atoms. The van der Waals surface area contributed by atoms with Crippen molar-refractivity contribution in [3.8, 4) is 0 Å². The molecule has 1 aromatic rings. The third kappa shape index (κ3) is 4.15. The third-order valence-electron chi connectivity index (χ3n) is 3.22. The van der Waals surface area contributed by atoms with Crippen LogP contribution in [0.4, 0.5) is 0 Å². The molecule has 100 valence electrons. The predicted molar refractivity (Wildman–Crippen MR) is 73.6 cm³/mol. The molecule has 3 heteroatoms. The Balaban J connectivity index is 2.65. The van der Waals surface area contributed by atoms with E-state index in [2.05, 4.69) is 32.9 Å². The lowest BCUT2D eigenvalue weighted by Gasteiger charge is -2.13. The first kappa shape index (κ1) is 14.7. The monoisotopic (exact) mass is 249 g/mol. The van der Waals surface area contributed by atoms with E-state index in [4.69, 9.17) is 10.5 Å². The second-order valence-corrected chi connectivity index (χ2v) is 4.83. The van der Waals surface area contributed by atoms with E-state index in [1.807, 2.05) is 0 Å². The highest BCUT2D eigenvalue weighted by molar-refractivity contribution is 5.70. The normalized spacial score (nSPS) is 12.3. The Morgan fingerprint density at radius 1 is 1.28 bits per heavy atom. The molecule has 0 saturated heterocycles. The van der Waals surface area contributed by atoms with E-state index in [-0.39, 0.29) is 18.4 Å². The number of rotatable bonds is 5. The molecule has 0 aromatic heterocycles. The highest BCUT2D eigenvalue weighted by Gasteiger charge is 2.12. The van der Waals surface area contributed by atoms with Gasteiger partial charge in [0, 0.05) is 6.04 Å². The van der Waals surface area contributed by atoms with Gasteiger partial charge in [-0.2, -0.15) is 0 Å². The number of ether oxygens (including phenoxy) is 1. The Kier molecular flexibility index (Phi) is 5.35. The fourth-order valence-electron chi connectivity index (χ4n) is 2.05. The van der Waals surface area contributed by atoms with Gasteiger partial charge in [-0.1, -0.05) is 12.1 Å². The number of nitrogens with two attached hydrogens (primary N) is 1. The molecule has 0 spiro atoms. The van der Waals surface area contributed by atoms with Gasteiger partial charge in [0.1, 0.15) is 0 Å². The Hall–Kier alpha value is -1.35. The van der Waals surface area contributed by atoms with Crippen molar-refractivity contribution in [1.29, 1.82) is 0 Å². The van der Waals surface area contributed by atoms with Gasteiger partial charge in [0.05, 0.1) is 13.0 Å². The van der Waals surface area contributed by atoms with Crippen LogP contribution in [-0.2, 0) is 16.0 Å². The van der Waals surface area contributed by atoms with Gasteiger partial charge >= 0.3 is 5.97 Å². The summed E-state index contributed by atoms with van der Waals surface area (Å²) in [6.07, 6.45) is 0.987. The maximum atomic E-state index is 11.3. The lowest BCUT2D eigenvalue weighted by atomic mass is 9.96. The zero-order chi connectivity index (χ0) is 13.7. The third-order valence-corrected chi connectivity index (χ3v) is 3.22. The summed E-state index contributed by atoms with van der Waals surface area (Å²) in [6.45, 7) is 8.53. The molecule has 0 radical (unpaired) electrons. The number of hydrogen-bond acceptors (Lipinski definition) is 3. The van der Waals surface area contributed by atoms with Crippen molar-refractivity contribution >= 4 is 5.97 Å². The summed E-state index contributed by atoms with van der Waals surface area (Å²) < 4.78 is 4.90. The first-order chi connectivity index (χ1) is 8.43. The van der Waals surface area contributed by atoms with Crippen LogP contribution in [0.5, 0.6) is 0 Å². The van der Waals surface area contributed by atoms with Gasteiger partial charge in [-0.25, -0.2) is 0 Å². The SMILES string of the molecule is CCOC(=O)CC(N)Cc1cc(C)c(C)c(C)c1. The molecule has 0 amide bonds. The zero-order valence-electron chi connectivity index (χ0n) is 11.7. The second kappa shape index (κ2) is 6.55. The maximum Gasteiger partial charge on any atom is 0.307 e. The summed E-state index contributed by atoms with van der Waals surface area (Å²) in [5.41, 5.74) is 11.0. The van der Waals surface area contributed by atoms with Gasteiger partial charge in [0.2, 0.25) is 0 Å². The summed E-state index contributed by atoms with van der Waals surface area (Å²) in [5, 5.41) is 0. The highest BCUT2D eigenvalue weighted by Crippen LogP contribution is 2.16. The molecule has 18 heavy (non-hydrogen) atoms. The number of esters is 1. The summed E-state index contributed by atoms with van der Waals surface area (Å²) in [6, 6.07) is 4.12. The topological polar surface area (TPSA) is 52.3 Å². The van der Waals surface area contributed by atoms with Crippen LogP contribution in [-0.4, -0.2) is 18.6 Å². The Bertz CT molecular complexity index is 403. The van der Waals surface area contributed by atoms with E-state index in [1.54, 1.807) is 6.92 Å². The molecule has 1 unspecified atom stereocenters. The first-order valence-electron chi connectivity index (χ1n) is 6.42. The van der Waals surface area contributed by atoms with Crippen LogP contribution < -0.4 is 5.73 Å². The van der Waals surface area contributed by atoms with Crippen molar-refractivity contribution < 1.29 is 9.53 Å². The van der Waals surface area contributed by atoms with Crippen LogP contribution in [0.25, 0.3) is 0 Å². The summed E-state index contributed by atoms with van der Waals surface area (Å²) in [4.78, 5) is 11.3. The summed E-state index contributed by atoms with van der Waals surface area (Å²) in [7, 11) is 0. The van der Waals surface area contributed by atoms with Gasteiger partial charge in [-0.3, -0.25) is 4.79 Å². The van der Waals surface area contributed by atoms with Crippen molar-refractivity contribution in [2.45, 2.75) is 46.6 Å². The fraction of sp³-hybridized carbons (Fsp3) is 0.533. The summed E-state index contributed by atoms with van der Waals surface area (Å²) in [5.74, 6) is -0.217. The minimum absolute atomic E-state index is 0.175. The van der Waals surface area contributed by atoms with Gasteiger partial charge < -0.3 is 10.5 Å². The first-order valence-corrected chi connectivity index (χ1v) is 6.42. The molecule has 0 aliphatic heterocycles. The minimum Gasteiger partial charge on any atom is -0.466 e. The van der Waals surface area contributed by atoms with E-state index in [0.29, 0.717) is 13.0 Å². The Labute approximate surface area is 109 Å². The largest absolute Gasteiger partial charge is 0.466 e. The smallest absolute Gasteiger partial charge is 0.307 e. The molecule has 0 heterocycles. The maximum absolute atomic E-state index is 11.3. The van der Waals surface area contributed by atoms with Crippen LogP contribution in [0, 0.1) is 20.8 Å². The molecule has 3 nitrogen and oxygen atoms in total. The number of aryl methyl sites for hydroxylation is 2. The molecule has 2 N–H and O–H groups in total. The highest BCUT2D eigenvalue weighted by atomic mass is 16.5. The van der Waals surface area contributed by atoms with E-state index in [9.17, 15) is 4.79 Å².